The molecule has 0 saturated carbocycles. The summed E-state index contributed by atoms with van der Waals surface area (Å²) in [5.41, 5.74) is 2.14. The summed E-state index contributed by atoms with van der Waals surface area (Å²) >= 11 is 0. The Morgan fingerprint density at radius 1 is 1.12 bits per heavy atom. The first kappa shape index (κ1) is 16.3. The van der Waals surface area contributed by atoms with Gasteiger partial charge in [-0.05, 0) is 36.4 Å². The molecule has 0 N–H and O–H groups in total. The molecule has 1 aliphatic rings. The van der Waals surface area contributed by atoms with Crippen molar-refractivity contribution in [3.63, 3.8) is 0 Å². The van der Waals surface area contributed by atoms with Crippen LogP contribution in [0.25, 0.3) is 11.3 Å². The number of amides is 1. The van der Waals surface area contributed by atoms with Crippen molar-refractivity contribution < 1.29 is 13.9 Å². The molecule has 0 aliphatic carbocycles. The Bertz CT molecular complexity index is 950. The Kier molecular flexibility index (Phi) is 4.16. The van der Waals surface area contributed by atoms with Crippen molar-refractivity contribution >= 4 is 5.91 Å². The lowest BCUT2D eigenvalue weighted by molar-refractivity contribution is 0.0703. The van der Waals surface area contributed by atoms with Crippen LogP contribution in [0.15, 0.2) is 54.7 Å². The zero-order valence-corrected chi connectivity index (χ0v) is 14.4. The third-order valence-corrected chi connectivity index (χ3v) is 4.64. The van der Waals surface area contributed by atoms with Gasteiger partial charge in [0.15, 0.2) is 0 Å². The van der Waals surface area contributed by atoms with Crippen LogP contribution in [0.3, 0.4) is 0 Å². The second kappa shape index (κ2) is 6.63. The number of nitrogens with zero attached hydrogens (tertiary/aromatic N) is 3. The molecular formula is C20H18FN3O2. The molecule has 3 aromatic rings. The highest BCUT2D eigenvalue weighted by atomic mass is 19.1. The van der Waals surface area contributed by atoms with E-state index < -0.39 is 5.82 Å². The minimum atomic E-state index is -0.495. The van der Waals surface area contributed by atoms with Crippen molar-refractivity contribution in [2.45, 2.75) is 13.1 Å². The van der Waals surface area contributed by atoms with E-state index >= 15 is 0 Å². The van der Waals surface area contributed by atoms with E-state index in [9.17, 15) is 9.18 Å². The predicted octanol–water partition coefficient (Wildman–Crippen LogP) is 3.35. The van der Waals surface area contributed by atoms with Gasteiger partial charge in [0.05, 0.1) is 31.1 Å². The Morgan fingerprint density at radius 3 is 2.62 bits per heavy atom. The number of hydrogen-bond donors (Lipinski definition) is 0. The first-order valence-electron chi connectivity index (χ1n) is 8.40. The van der Waals surface area contributed by atoms with E-state index in [1.165, 1.54) is 12.1 Å². The number of benzene rings is 2. The van der Waals surface area contributed by atoms with Gasteiger partial charge in [0.2, 0.25) is 0 Å². The van der Waals surface area contributed by atoms with Gasteiger partial charge in [0, 0.05) is 18.7 Å². The van der Waals surface area contributed by atoms with Gasteiger partial charge in [0.1, 0.15) is 17.4 Å². The summed E-state index contributed by atoms with van der Waals surface area (Å²) in [5, 5.41) is 0. The quantitative estimate of drug-likeness (QED) is 0.727. The number of methoxy groups -OCH3 is 1. The molecule has 0 fully saturated rings. The van der Waals surface area contributed by atoms with E-state index in [0.29, 0.717) is 19.6 Å². The summed E-state index contributed by atoms with van der Waals surface area (Å²) in [6.45, 7) is 1.50. The highest BCUT2D eigenvalue weighted by molar-refractivity contribution is 5.94. The Hall–Kier alpha value is -3.15. The topological polar surface area (TPSA) is 47.4 Å². The van der Waals surface area contributed by atoms with Crippen LogP contribution >= 0.6 is 0 Å². The number of carbonyl (C=O) groups excluding carboxylic acids is 1. The molecule has 4 rings (SSSR count). The molecular weight excluding hydrogens is 333 g/mol. The average Bonchev–Trinajstić information content (AvgIpc) is 3.11. The SMILES string of the molecule is COc1ccc(-c2cnc3n2CCN(C(=O)c2ccccc2F)C3)cc1. The van der Waals surface area contributed by atoms with Gasteiger partial charge in [-0.2, -0.15) is 0 Å². The van der Waals surface area contributed by atoms with Crippen molar-refractivity contribution in [3.05, 3.63) is 71.9 Å². The first-order valence-corrected chi connectivity index (χ1v) is 8.40. The summed E-state index contributed by atoms with van der Waals surface area (Å²) in [5.74, 6) is 0.800. The van der Waals surface area contributed by atoms with E-state index in [0.717, 1.165) is 22.8 Å². The molecule has 0 bridgehead atoms. The smallest absolute Gasteiger partial charge is 0.257 e. The maximum absolute atomic E-state index is 13.9. The fourth-order valence-electron chi connectivity index (χ4n) is 3.23. The van der Waals surface area contributed by atoms with Crippen LogP contribution in [0.2, 0.25) is 0 Å². The number of imidazole rings is 1. The third-order valence-electron chi connectivity index (χ3n) is 4.64. The van der Waals surface area contributed by atoms with Crippen molar-refractivity contribution in [2.24, 2.45) is 0 Å². The molecule has 26 heavy (non-hydrogen) atoms. The monoisotopic (exact) mass is 351 g/mol. The minimum absolute atomic E-state index is 0.0999. The van der Waals surface area contributed by atoms with E-state index in [4.69, 9.17) is 4.74 Å². The van der Waals surface area contributed by atoms with Crippen LogP contribution in [-0.4, -0.2) is 34.0 Å². The van der Waals surface area contributed by atoms with Crippen LogP contribution < -0.4 is 4.74 Å². The zero-order chi connectivity index (χ0) is 18.1. The van der Waals surface area contributed by atoms with Gasteiger partial charge in [0.25, 0.3) is 5.91 Å². The number of carbonyl (C=O) groups is 1. The van der Waals surface area contributed by atoms with Crippen molar-refractivity contribution in [1.29, 1.82) is 0 Å². The summed E-state index contributed by atoms with van der Waals surface area (Å²) in [6.07, 6.45) is 1.81. The Labute approximate surface area is 150 Å². The molecule has 0 spiro atoms. The normalized spacial score (nSPS) is 13.4. The number of fused-ring (bicyclic) bond motifs is 1. The van der Waals surface area contributed by atoms with Gasteiger partial charge in [-0.3, -0.25) is 4.79 Å². The number of halogens is 1. The largest absolute Gasteiger partial charge is 0.497 e. The number of hydrogen-bond acceptors (Lipinski definition) is 3. The van der Waals surface area contributed by atoms with Gasteiger partial charge in [-0.25, -0.2) is 9.37 Å². The number of rotatable bonds is 3. The Morgan fingerprint density at radius 2 is 1.88 bits per heavy atom. The summed E-state index contributed by atoms with van der Waals surface area (Å²) in [6, 6.07) is 13.9. The molecule has 1 aliphatic heterocycles. The highest BCUT2D eigenvalue weighted by Crippen LogP contribution is 2.26. The van der Waals surface area contributed by atoms with Gasteiger partial charge < -0.3 is 14.2 Å². The highest BCUT2D eigenvalue weighted by Gasteiger charge is 2.26. The molecule has 0 radical (unpaired) electrons. The lowest BCUT2D eigenvalue weighted by Crippen LogP contribution is -2.38. The summed E-state index contributed by atoms with van der Waals surface area (Å²) in [7, 11) is 1.64. The molecule has 0 unspecified atom stereocenters. The molecule has 2 aromatic carbocycles. The van der Waals surface area contributed by atoms with Crippen LogP contribution in [0.4, 0.5) is 4.39 Å². The van der Waals surface area contributed by atoms with Crippen LogP contribution in [0, 0.1) is 5.82 Å². The zero-order valence-electron chi connectivity index (χ0n) is 14.4. The standard InChI is InChI=1S/C20H18FN3O2/c1-26-15-8-6-14(7-9-15)18-12-22-19-13-23(10-11-24(18)19)20(25)16-4-2-3-5-17(16)21/h2-9,12H,10-11,13H2,1H3. The fourth-order valence-corrected chi connectivity index (χ4v) is 3.23. The predicted molar refractivity (Wildman–Crippen MR) is 95.4 cm³/mol. The van der Waals surface area contributed by atoms with Crippen LogP contribution in [-0.2, 0) is 13.1 Å². The molecule has 2 heterocycles. The third kappa shape index (κ3) is 2.83. The van der Waals surface area contributed by atoms with Crippen molar-refractivity contribution in [1.82, 2.24) is 14.5 Å². The molecule has 5 nitrogen and oxygen atoms in total. The number of ether oxygens (including phenoxy) is 1. The summed E-state index contributed by atoms with van der Waals surface area (Å²) in [4.78, 5) is 18.7. The lowest BCUT2D eigenvalue weighted by atomic mass is 10.1. The molecule has 6 heteroatoms. The minimum Gasteiger partial charge on any atom is -0.497 e. The molecule has 132 valence electrons. The van der Waals surface area contributed by atoms with Crippen molar-refractivity contribution in [3.8, 4) is 17.0 Å². The first-order chi connectivity index (χ1) is 12.7. The fraction of sp³-hybridized carbons (Fsp3) is 0.200. The van der Waals surface area contributed by atoms with Crippen LogP contribution in [0.1, 0.15) is 16.2 Å². The van der Waals surface area contributed by atoms with Crippen molar-refractivity contribution in [2.75, 3.05) is 13.7 Å². The maximum Gasteiger partial charge on any atom is 0.257 e. The van der Waals surface area contributed by atoms with E-state index in [2.05, 4.69) is 9.55 Å². The van der Waals surface area contributed by atoms with Gasteiger partial charge >= 0.3 is 0 Å². The lowest BCUT2D eigenvalue weighted by Gasteiger charge is -2.28. The second-order valence-corrected chi connectivity index (χ2v) is 6.15. The average molecular weight is 351 g/mol. The van der Waals surface area contributed by atoms with E-state index in [1.807, 2.05) is 30.5 Å². The van der Waals surface area contributed by atoms with E-state index in [1.54, 1.807) is 24.1 Å². The molecule has 1 aromatic heterocycles. The van der Waals surface area contributed by atoms with Gasteiger partial charge in [-0.15, -0.1) is 0 Å². The maximum atomic E-state index is 13.9. The number of aromatic nitrogens is 2. The summed E-state index contributed by atoms with van der Waals surface area (Å²) < 4.78 is 21.2. The van der Waals surface area contributed by atoms with Gasteiger partial charge in [-0.1, -0.05) is 12.1 Å². The second-order valence-electron chi connectivity index (χ2n) is 6.15. The Balaban J connectivity index is 1.58. The van der Waals surface area contributed by atoms with E-state index in [-0.39, 0.29) is 11.5 Å². The molecule has 1 amide bonds. The van der Waals surface area contributed by atoms with Crippen LogP contribution in [0.5, 0.6) is 5.75 Å². The molecule has 0 saturated heterocycles. The molecule has 0 atom stereocenters.